The number of ether oxygens (including phenoxy) is 1. The minimum Gasteiger partial charge on any atom is -0.497 e. The van der Waals surface area contributed by atoms with Crippen LogP contribution >= 0.6 is 0 Å². The minimum atomic E-state index is -0.354. The van der Waals surface area contributed by atoms with Gasteiger partial charge in [0.25, 0.3) is 5.91 Å². The first kappa shape index (κ1) is 19.4. The molecule has 6 heteroatoms. The van der Waals surface area contributed by atoms with E-state index >= 15 is 0 Å². The van der Waals surface area contributed by atoms with Crippen LogP contribution in [-0.4, -0.2) is 27.8 Å². The van der Waals surface area contributed by atoms with Crippen molar-refractivity contribution in [1.82, 2.24) is 14.8 Å². The summed E-state index contributed by atoms with van der Waals surface area (Å²) >= 11 is 0. The summed E-state index contributed by atoms with van der Waals surface area (Å²) in [4.78, 5) is 17.5. The summed E-state index contributed by atoms with van der Waals surface area (Å²) in [5, 5.41) is 7.44. The average Bonchev–Trinajstić information content (AvgIpc) is 3.23. The minimum absolute atomic E-state index is 0.102. The number of carbonyl (C=O) groups excluding carboxylic acids is 1. The maximum atomic E-state index is 12.9. The van der Waals surface area contributed by atoms with Crippen LogP contribution in [0, 0.1) is 13.8 Å². The van der Waals surface area contributed by atoms with Gasteiger partial charge in [0.15, 0.2) is 5.82 Å². The molecule has 6 nitrogen and oxygen atoms in total. The number of methoxy groups -OCH3 is 1. The number of nitrogens with zero attached hydrogens (tertiary/aromatic N) is 3. The van der Waals surface area contributed by atoms with E-state index in [-0.39, 0.29) is 11.7 Å². The van der Waals surface area contributed by atoms with E-state index in [9.17, 15) is 4.79 Å². The van der Waals surface area contributed by atoms with Crippen LogP contribution in [0.2, 0.25) is 0 Å². The molecule has 0 atom stereocenters. The number of nitrogens with one attached hydrogen (secondary N) is 1. The fraction of sp³-hybridized carbons (Fsp3) is 0.125. The van der Waals surface area contributed by atoms with Gasteiger partial charge in [-0.05, 0) is 67.4 Å². The number of aryl methyl sites for hydroxylation is 1. The lowest BCUT2D eigenvalue weighted by atomic mass is 10.1. The van der Waals surface area contributed by atoms with Gasteiger partial charge in [-0.3, -0.25) is 4.79 Å². The van der Waals surface area contributed by atoms with E-state index in [1.165, 1.54) is 0 Å². The van der Waals surface area contributed by atoms with Gasteiger partial charge in [0.05, 0.1) is 12.8 Å². The zero-order chi connectivity index (χ0) is 21.1. The molecule has 1 amide bonds. The summed E-state index contributed by atoms with van der Waals surface area (Å²) < 4.78 is 6.92. The van der Waals surface area contributed by atoms with E-state index in [1.807, 2.05) is 86.6 Å². The third kappa shape index (κ3) is 3.80. The van der Waals surface area contributed by atoms with Gasteiger partial charge >= 0.3 is 0 Å². The summed E-state index contributed by atoms with van der Waals surface area (Å²) in [6.45, 7) is 3.98. The van der Waals surface area contributed by atoms with Crippen LogP contribution < -0.4 is 10.1 Å². The van der Waals surface area contributed by atoms with Crippen LogP contribution in [0.15, 0.2) is 72.8 Å². The first-order valence-corrected chi connectivity index (χ1v) is 9.61. The average molecular weight is 398 g/mol. The van der Waals surface area contributed by atoms with Crippen molar-refractivity contribution in [3.05, 3.63) is 89.7 Å². The second-order valence-electron chi connectivity index (χ2n) is 6.94. The molecule has 0 saturated carbocycles. The number of hydrogen-bond acceptors (Lipinski definition) is 4. The van der Waals surface area contributed by atoms with E-state index < -0.39 is 0 Å². The van der Waals surface area contributed by atoms with Gasteiger partial charge in [0.1, 0.15) is 5.75 Å². The highest BCUT2D eigenvalue weighted by Crippen LogP contribution is 2.24. The first-order chi connectivity index (χ1) is 14.6. The smallest absolute Gasteiger partial charge is 0.295 e. The van der Waals surface area contributed by atoms with E-state index in [0.717, 1.165) is 33.8 Å². The first-order valence-electron chi connectivity index (χ1n) is 9.61. The highest BCUT2D eigenvalue weighted by molar-refractivity contribution is 6.02. The fourth-order valence-corrected chi connectivity index (χ4v) is 3.15. The van der Waals surface area contributed by atoms with Gasteiger partial charge < -0.3 is 10.1 Å². The van der Waals surface area contributed by atoms with E-state index in [0.29, 0.717) is 5.82 Å². The Labute approximate surface area is 175 Å². The Kier molecular flexibility index (Phi) is 5.30. The van der Waals surface area contributed by atoms with Crippen LogP contribution in [0.25, 0.3) is 17.1 Å². The van der Waals surface area contributed by atoms with Gasteiger partial charge in [-0.2, -0.15) is 0 Å². The number of hydrogen-bond donors (Lipinski definition) is 1. The third-order valence-electron chi connectivity index (χ3n) is 5.01. The molecule has 4 aromatic rings. The molecule has 30 heavy (non-hydrogen) atoms. The lowest BCUT2D eigenvalue weighted by Crippen LogP contribution is -2.15. The number of anilines is 1. The van der Waals surface area contributed by atoms with Crippen molar-refractivity contribution in [2.45, 2.75) is 13.8 Å². The molecule has 0 bridgehead atoms. The van der Waals surface area contributed by atoms with Crippen molar-refractivity contribution in [2.75, 3.05) is 12.4 Å². The molecule has 0 spiro atoms. The summed E-state index contributed by atoms with van der Waals surface area (Å²) in [6.07, 6.45) is 0. The number of amides is 1. The van der Waals surface area contributed by atoms with Gasteiger partial charge in [0, 0.05) is 11.3 Å². The van der Waals surface area contributed by atoms with E-state index in [2.05, 4.69) is 15.4 Å². The molecule has 1 aromatic heterocycles. The summed E-state index contributed by atoms with van der Waals surface area (Å²) in [5.41, 5.74) is 4.53. The predicted octanol–water partition coefficient (Wildman–Crippen LogP) is 4.81. The molecule has 1 N–H and O–H groups in total. The second kappa shape index (κ2) is 8.21. The Morgan fingerprint density at radius 1 is 0.933 bits per heavy atom. The fourth-order valence-electron chi connectivity index (χ4n) is 3.15. The van der Waals surface area contributed by atoms with Crippen molar-refractivity contribution in [2.24, 2.45) is 0 Å². The van der Waals surface area contributed by atoms with Gasteiger partial charge in [-0.15, -0.1) is 5.10 Å². The van der Waals surface area contributed by atoms with Crippen molar-refractivity contribution >= 4 is 11.6 Å². The van der Waals surface area contributed by atoms with Gasteiger partial charge in [-0.25, -0.2) is 9.67 Å². The molecule has 3 aromatic carbocycles. The maximum Gasteiger partial charge on any atom is 0.295 e. The Morgan fingerprint density at radius 3 is 2.37 bits per heavy atom. The summed E-state index contributed by atoms with van der Waals surface area (Å²) in [6, 6.07) is 22.9. The molecule has 0 aliphatic heterocycles. The number of benzene rings is 3. The van der Waals surface area contributed by atoms with Crippen LogP contribution in [0.4, 0.5) is 5.69 Å². The van der Waals surface area contributed by atoms with Gasteiger partial charge in [-0.1, -0.05) is 30.3 Å². The van der Waals surface area contributed by atoms with Gasteiger partial charge in [0.2, 0.25) is 5.82 Å². The molecule has 4 rings (SSSR count). The molecule has 1 heterocycles. The molecule has 150 valence electrons. The Balaban J connectivity index is 1.74. The Hall–Kier alpha value is -3.93. The number of para-hydroxylation sites is 1. The molecule has 0 saturated heterocycles. The summed E-state index contributed by atoms with van der Waals surface area (Å²) in [5.74, 6) is 1.08. The maximum absolute atomic E-state index is 12.9. The molecular formula is C24H22N4O2. The molecule has 0 fully saturated rings. The standard InChI is InChI=1S/C24H22N4O2/c1-16-8-7-11-21(17(16)2)25-24(29)22-26-23(18-12-14-20(30-3)15-13-18)28(27-22)19-9-5-4-6-10-19/h4-15H,1-3H3,(H,25,29). The lowest BCUT2D eigenvalue weighted by molar-refractivity contribution is 0.101. The van der Waals surface area contributed by atoms with E-state index in [4.69, 9.17) is 4.74 Å². The van der Waals surface area contributed by atoms with Crippen LogP contribution in [0.5, 0.6) is 5.75 Å². The quantitative estimate of drug-likeness (QED) is 0.524. The number of carbonyl (C=O) groups is 1. The lowest BCUT2D eigenvalue weighted by Gasteiger charge is -2.08. The number of rotatable bonds is 5. The van der Waals surface area contributed by atoms with Crippen LogP contribution in [0.1, 0.15) is 21.7 Å². The van der Waals surface area contributed by atoms with Crippen molar-refractivity contribution in [1.29, 1.82) is 0 Å². The molecule has 0 aliphatic carbocycles. The van der Waals surface area contributed by atoms with Crippen molar-refractivity contribution < 1.29 is 9.53 Å². The monoisotopic (exact) mass is 398 g/mol. The largest absolute Gasteiger partial charge is 0.497 e. The van der Waals surface area contributed by atoms with Crippen molar-refractivity contribution in [3.63, 3.8) is 0 Å². The molecule has 0 radical (unpaired) electrons. The second-order valence-corrected chi connectivity index (χ2v) is 6.94. The Morgan fingerprint density at radius 2 is 1.67 bits per heavy atom. The topological polar surface area (TPSA) is 69.0 Å². The SMILES string of the molecule is COc1ccc(-c2nc(C(=O)Nc3cccc(C)c3C)nn2-c2ccccc2)cc1. The molecule has 0 unspecified atom stereocenters. The predicted molar refractivity (Wildman–Crippen MR) is 117 cm³/mol. The van der Waals surface area contributed by atoms with Crippen LogP contribution in [-0.2, 0) is 0 Å². The molecule has 0 aliphatic rings. The number of aromatic nitrogens is 3. The van der Waals surface area contributed by atoms with Crippen molar-refractivity contribution in [3.8, 4) is 22.8 Å². The van der Waals surface area contributed by atoms with E-state index in [1.54, 1.807) is 11.8 Å². The third-order valence-corrected chi connectivity index (χ3v) is 5.01. The highest BCUT2D eigenvalue weighted by atomic mass is 16.5. The zero-order valence-electron chi connectivity index (χ0n) is 17.1. The zero-order valence-corrected chi connectivity index (χ0v) is 17.1. The van der Waals surface area contributed by atoms with Crippen LogP contribution in [0.3, 0.4) is 0 Å². The molecular weight excluding hydrogens is 376 g/mol. The normalized spacial score (nSPS) is 10.6. The highest BCUT2D eigenvalue weighted by Gasteiger charge is 2.19. The Bertz CT molecular complexity index is 1180. The summed E-state index contributed by atoms with van der Waals surface area (Å²) in [7, 11) is 1.62.